The van der Waals surface area contributed by atoms with Gasteiger partial charge < -0.3 is 15.1 Å². The second kappa shape index (κ2) is 11.3. The zero-order chi connectivity index (χ0) is 23.9. The van der Waals surface area contributed by atoms with Crippen molar-refractivity contribution in [2.75, 3.05) is 24.2 Å². The third kappa shape index (κ3) is 6.03. The molecule has 1 aromatic heterocycles. The highest BCUT2D eigenvalue weighted by molar-refractivity contribution is 7.99. The standard InChI is InChI=1S/C27H30N2O4S/c1-2-34-24-10-12-29(32)26(18-24)28-11-5-13-33-23-9-8-19-14-22(17-27(30)31)25-7-4-3-6-20(25)15-21(19)16-23/h3-4,6-10,12,16,18,22,28H,2,5,11,13-15,17H2,1H3,(H,30,31). The Morgan fingerprint density at radius 1 is 1.18 bits per heavy atom. The van der Waals surface area contributed by atoms with E-state index < -0.39 is 5.97 Å². The van der Waals surface area contributed by atoms with Gasteiger partial charge in [0.05, 0.1) is 25.8 Å². The summed E-state index contributed by atoms with van der Waals surface area (Å²) in [5, 5.41) is 24.6. The maximum absolute atomic E-state index is 12.0. The number of thioether (sulfide) groups is 1. The van der Waals surface area contributed by atoms with Crippen molar-refractivity contribution in [3.63, 3.8) is 0 Å². The van der Waals surface area contributed by atoms with E-state index in [0.717, 1.165) is 39.5 Å². The highest BCUT2D eigenvalue weighted by Crippen LogP contribution is 2.35. The lowest BCUT2D eigenvalue weighted by molar-refractivity contribution is -0.590. The number of fused-ring (bicyclic) bond motifs is 2. The lowest BCUT2D eigenvalue weighted by atomic mass is 9.89. The fourth-order valence-corrected chi connectivity index (χ4v) is 5.14. The predicted molar refractivity (Wildman–Crippen MR) is 135 cm³/mol. The number of aromatic nitrogens is 1. The summed E-state index contributed by atoms with van der Waals surface area (Å²) in [5.41, 5.74) is 4.68. The van der Waals surface area contributed by atoms with Gasteiger partial charge in [-0.25, -0.2) is 4.73 Å². The number of nitrogens with one attached hydrogen (secondary N) is 1. The molecule has 0 spiro atoms. The van der Waals surface area contributed by atoms with Crippen LogP contribution in [0.5, 0.6) is 5.75 Å². The molecule has 0 fully saturated rings. The van der Waals surface area contributed by atoms with Gasteiger partial charge in [0.1, 0.15) is 5.75 Å². The first-order valence-corrected chi connectivity index (χ1v) is 12.7. The molecule has 4 rings (SSSR count). The number of pyridine rings is 1. The molecule has 6 nitrogen and oxygen atoms in total. The minimum absolute atomic E-state index is 0.0224. The lowest BCUT2D eigenvalue weighted by Gasteiger charge is -2.16. The van der Waals surface area contributed by atoms with E-state index in [4.69, 9.17) is 4.74 Å². The minimum atomic E-state index is -0.768. The number of rotatable bonds is 10. The van der Waals surface area contributed by atoms with E-state index in [1.807, 2.05) is 30.3 Å². The molecular formula is C27H30N2O4S. The summed E-state index contributed by atoms with van der Waals surface area (Å²) >= 11 is 1.70. The van der Waals surface area contributed by atoms with Gasteiger partial charge in [-0.2, -0.15) is 0 Å². The van der Waals surface area contributed by atoms with E-state index in [1.54, 1.807) is 11.8 Å². The van der Waals surface area contributed by atoms with Gasteiger partial charge in [-0.3, -0.25) is 10.1 Å². The first kappa shape index (κ1) is 24.0. The van der Waals surface area contributed by atoms with Gasteiger partial charge >= 0.3 is 5.97 Å². The average molecular weight is 479 g/mol. The first-order valence-electron chi connectivity index (χ1n) is 11.7. The molecule has 1 heterocycles. The van der Waals surface area contributed by atoms with Crippen LogP contribution in [0.25, 0.3) is 0 Å². The van der Waals surface area contributed by atoms with Gasteiger partial charge in [-0.1, -0.05) is 37.3 Å². The van der Waals surface area contributed by atoms with E-state index >= 15 is 0 Å². The van der Waals surface area contributed by atoms with Crippen molar-refractivity contribution in [1.29, 1.82) is 0 Å². The normalized spacial score (nSPS) is 14.6. The minimum Gasteiger partial charge on any atom is -0.711 e. The number of ether oxygens (including phenoxy) is 1. The summed E-state index contributed by atoms with van der Waals surface area (Å²) in [6.45, 7) is 3.26. The number of aliphatic carboxylic acids is 1. The van der Waals surface area contributed by atoms with E-state index in [2.05, 4.69) is 36.5 Å². The summed E-state index contributed by atoms with van der Waals surface area (Å²) in [5.74, 6) is 1.54. The second-order valence-electron chi connectivity index (χ2n) is 8.44. The second-order valence-corrected chi connectivity index (χ2v) is 9.78. The van der Waals surface area contributed by atoms with Crippen molar-refractivity contribution in [2.45, 2.75) is 43.4 Å². The van der Waals surface area contributed by atoms with Crippen molar-refractivity contribution in [1.82, 2.24) is 0 Å². The van der Waals surface area contributed by atoms with Crippen LogP contribution in [0.4, 0.5) is 5.82 Å². The molecule has 178 valence electrons. The maximum Gasteiger partial charge on any atom is 0.303 e. The zero-order valence-electron chi connectivity index (χ0n) is 19.3. The van der Waals surface area contributed by atoms with Crippen LogP contribution < -0.4 is 14.8 Å². The van der Waals surface area contributed by atoms with Crippen molar-refractivity contribution in [2.24, 2.45) is 0 Å². The molecule has 0 saturated heterocycles. The monoisotopic (exact) mass is 478 g/mol. The van der Waals surface area contributed by atoms with Crippen LogP contribution in [0.2, 0.25) is 0 Å². The number of anilines is 1. The molecule has 3 aromatic rings. The Morgan fingerprint density at radius 3 is 2.85 bits per heavy atom. The van der Waals surface area contributed by atoms with Crippen LogP contribution in [-0.4, -0.2) is 30.0 Å². The van der Waals surface area contributed by atoms with Gasteiger partial charge in [-0.05, 0) is 65.0 Å². The molecule has 0 saturated carbocycles. The third-order valence-electron chi connectivity index (χ3n) is 6.04. The molecule has 1 atom stereocenters. The van der Waals surface area contributed by atoms with E-state index in [9.17, 15) is 15.1 Å². The number of carboxylic acid groups (broad SMARTS) is 1. The number of benzene rings is 2. The lowest BCUT2D eigenvalue weighted by Crippen LogP contribution is -2.30. The Bertz CT molecular complexity index is 1150. The van der Waals surface area contributed by atoms with Crippen LogP contribution in [-0.2, 0) is 17.6 Å². The largest absolute Gasteiger partial charge is 0.711 e. The smallest absolute Gasteiger partial charge is 0.303 e. The SMILES string of the molecule is CCSc1cc[n+]([O-])c(NCCCOc2ccc3c(c2)Cc2ccccc2C(CC(=O)O)C3)c1. The summed E-state index contributed by atoms with van der Waals surface area (Å²) < 4.78 is 6.85. The van der Waals surface area contributed by atoms with Gasteiger partial charge in [0.25, 0.3) is 5.82 Å². The van der Waals surface area contributed by atoms with Crippen LogP contribution in [0, 0.1) is 5.21 Å². The molecule has 34 heavy (non-hydrogen) atoms. The first-order chi connectivity index (χ1) is 16.5. The molecule has 1 aliphatic carbocycles. The Labute approximate surface area is 204 Å². The zero-order valence-corrected chi connectivity index (χ0v) is 20.1. The highest BCUT2D eigenvalue weighted by atomic mass is 32.2. The van der Waals surface area contributed by atoms with Crippen LogP contribution in [0.15, 0.2) is 65.7 Å². The van der Waals surface area contributed by atoms with Crippen molar-refractivity contribution in [3.8, 4) is 5.75 Å². The topological polar surface area (TPSA) is 85.5 Å². The van der Waals surface area contributed by atoms with Crippen molar-refractivity contribution < 1.29 is 19.4 Å². The van der Waals surface area contributed by atoms with Crippen LogP contribution in [0.1, 0.15) is 47.9 Å². The molecule has 0 bridgehead atoms. The van der Waals surface area contributed by atoms with E-state index in [-0.39, 0.29) is 12.3 Å². The number of carbonyl (C=O) groups is 1. The van der Waals surface area contributed by atoms with Crippen molar-refractivity contribution >= 4 is 23.5 Å². The quantitative estimate of drug-likeness (QED) is 0.184. The fourth-order valence-electron chi connectivity index (χ4n) is 4.45. The molecule has 1 aliphatic rings. The molecule has 7 heteroatoms. The highest BCUT2D eigenvalue weighted by Gasteiger charge is 2.24. The maximum atomic E-state index is 12.0. The summed E-state index contributed by atoms with van der Waals surface area (Å²) in [6.07, 6.45) is 3.91. The molecule has 2 aromatic carbocycles. The third-order valence-corrected chi connectivity index (χ3v) is 6.91. The van der Waals surface area contributed by atoms with Crippen molar-refractivity contribution in [3.05, 3.63) is 88.3 Å². The van der Waals surface area contributed by atoms with Gasteiger partial charge in [-0.15, -0.1) is 11.8 Å². The number of nitrogens with zero attached hydrogens (tertiary/aromatic N) is 1. The molecule has 1 unspecified atom stereocenters. The van der Waals surface area contributed by atoms with Gasteiger partial charge in [0, 0.05) is 17.4 Å². The summed E-state index contributed by atoms with van der Waals surface area (Å²) in [6, 6.07) is 18.0. The van der Waals surface area contributed by atoms with Gasteiger partial charge in [0.15, 0.2) is 0 Å². The Hall–Kier alpha value is -3.19. The molecule has 0 aliphatic heterocycles. The summed E-state index contributed by atoms with van der Waals surface area (Å²) in [4.78, 5) is 12.5. The summed E-state index contributed by atoms with van der Waals surface area (Å²) in [7, 11) is 0. The van der Waals surface area contributed by atoms with Gasteiger partial charge in [0.2, 0.25) is 0 Å². The Morgan fingerprint density at radius 2 is 2.03 bits per heavy atom. The molecule has 0 radical (unpaired) electrons. The van der Waals surface area contributed by atoms with E-state index in [0.29, 0.717) is 25.4 Å². The number of hydrogen-bond donors (Lipinski definition) is 2. The molecule has 0 amide bonds. The number of carboxylic acids is 1. The van der Waals surface area contributed by atoms with Crippen LogP contribution in [0.3, 0.4) is 0 Å². The fraction of sp³-hybridized carbons (Fsp3) is 0.333. The average Bonchev–Trinajstić information content (AvgIpc) is 2.96. The predicted octanol–water partition coefficient (Wildman–Crippen LogP) is 5.02. The Balaban J connectivity index is 1.36. The Kier molecular flexibility index (Phi) is 7.95. The number of hydrogen-bond acceptors (Lipinski definition) is 5. The van der Waals surface area contributed by atoms with E-state index in [1.165, 1.54) is 22.9 Å². The molecule has 2 N–H and O–H groups in total. The van der Waals surface area contributed by atoms with Crippen LogP contribution >= 0.6 is 11.8 Å². The molecular weight excluding hydrogens is 448 g/mol.